The number of halogens is 1. The van der Waals surface area contributed by atoms with Crippen LogP contribution in [0.3, 0.4) is 0 Å². The van der Waals surface area contributed by atoms with E-state index >= 15 is 0 Å². The van der Waals surface area contributed by atoms with E-state index in [0.717, 1.165) is 5.56 Å². The van der Waals surface area contributed by atoms with Crippen LogP contribution in [0.1, 0.15) is 15.9 Å². The molecule has 0 unspecified atom stereocenters. The Morgan fingerprint density at radius 1 is 1.35 bits per heavy atom. The summed E-state index contributed by atoms with van der Waals surface area (Å²) in [5.41, 5.74) is 0.528. The van der Waals surface area contributed by atoms with Crippen LogP contribution in [0.4, 0.5) is 11.5 Å². The van der Waals surface area contributed by atoms with Crippen LogP contribution in [0, 0.1) is 17.0 Å². The van der Waals surface area contributed by atoms with Crippen LogP contribution in [-0.2, 0) is 0 Å². The maximum atomic E-state index is 12.1. The smallest absolute Gasteiger partial charge is 0.282 e. The van der Waals surface area contributed by atoms with Gasteiger partial charge in [0.25, 0.3) is 11.6 Å². The van der Waals surface area contributed by atoms with E-state index in [9.17, 15) is 14.9 Å². The van der Waals surface area contributed by atoms with E-state index in [4.69, 9.17) is 11.6 Å². The zero-order chi connectivity index (χ0) is 14.7. The SMILES string of the molecule is Cc1ccc(NC(=O)c2cc(Cl)ccc2[N+](=O)[O-])nc1. The highest BCUT2D eigenvalue weighted by Gasteiger charge is 2.20. The van der Waals surface area contributed by atoms with Gasteiger partial charge < -0.3 is 5.32 Å². The number of hydrogen-bond donors (Lipinski definition) is 1. The molecular weight excluding hydrogens is 282 g/mol. The van der Waals surface area contributed by atoms with Crippen LogP contribution in [0.5, 0.6) is 0 Å². The maximum absolute atomic E-state index is 12.1. The Bertz CT molecular complexity index is 671. The predicted molar refractivity (Wildman–Crippen MR) is 75.0 cm³/mol. The highest BCUT2D eigenvalue weighted by molar-refractivity contribution is 6.31. The average Bonchev–Trinajstić information content (AvgIpc) is 2.41. The number of pyridine rings is 1. The van der Waals surface area contributed by atoms with Gasteiger partial charge in [0, 0.05) is 17.3 Å². The number of aromatic nitrogens is 1. The molecule has 1 aromatic carbocycles. The first-order valence-corrected chi connectivity index (χ1v) is 6.03. The summed E-state index contributed by atoms with van der Waals surface area (Å²) in [5, 5.41) is 13.6. The van der Waals surface area contributed by atoms with Crippen molar-refractivity contribution >= 4 is 29.0 Å². The van der Waals surface area contributed by atoms with Gasteiger partial charge in [-0.05, 0) is 30.7 Å². The number of hydrogen-bond acceptors (Lipinski definition) is 4. The Hall–Kier alpha value is -2.47. The molecule has 20 heavy (non-hydrogen) atoms. The van der Waals surface area contributed by atoms with Gasteiger partial charge in [0.1, 0.15) is 11.4 Å². The van der Waals surface area contributed by atoms with Crippen LogP contribution in [0.2, 0.25) is 5.02 Å². The van der Waals surface area contributed by atoms with Gasteiger partial charge in [0.15, 0.2) is 0 Å². The molecule has 7 heteroatoms. The number of anilines is 1. The van der Waals surface area contributed by atoms with Crippen molar-refractivity contribution in [3.8, 4) is 0 Å². The van der Waals surface area contributed by atoms with Crippen molar-refractivity contribution in [2.45, 2.75) is 6.92 Å². The van der Waals surface area contributed by atoms with E-state index < -0.39 is 10.8 Å². The molecule has 0 fully saturated rings. The zero-order valence-electron chi connectivity index (χ0n) is 10.5. The molecular formula is C13H10ClN3O3. The Balaban J connectivity index is 2.31. The molecule has 6 nitrogen and oxygen atoms in total. The number of carbonyl (C=O) groups excluding carboxylic acids is 1. The van der Waals surface area contributed by atoms with Crippen molar-refractivity contribution in [2.24, 2.45) is 0 Å². The normalized spacial score (nSPS) is 10.1. The summed E-state index contributed by atoms with van der Waals surface area (Å²) >= 11 is 5.77. The van der Waals surface area contributed by atoms with Crippen LogP contribution in [0.25, 0.3) is 0 Å². The number of nitro benzene ring substituents is 1. The van der Waals surface area contributed by atoms with Gasteiger partial charge in [0.2, 0.25) is 0 Å². The Kier molecular flexibility index (Phi) is 3.95. The number of nitrogens with zero attached hydrogens (tertiary/aromatic N) is 2. The van der Waals surface area contributed by atoms with E-state index in [1.54, 1.807) is 18.3 Å². The lowest BCUT2D eigenvalue weighted by atomic mass is 10.1. The summed E-state index contributed by atoms with van der Waals surface area (Å²) in [7, 11) is 0. The Labute approximate surface area is 119 Å². The van der Waals surface area contributed by atoms with Crippen LogP contribution in [-0.4, -0.2) is 15.8 Å². The molecule has 102 valence electrons. The second kappa shape index (κ2) is 5.66. The fraction of sp³-hybridized carbons (Fsp3) is 0.0769. The first-order valence-electron chi connectivity index (χ1n) is 5.65. The molecule has 2 rings (SSSR count). The highest BCUT2D eigenvalue weighted by Crippen LogP contribution is 2.23. The molecule has 1 heterocycles. The first kappa shape index (κ1) is 14.0. The van der Waals surface area contributed by atoms with Crippen LogP contribution < -0.4 is 5.32 Å². The number of benzene rings is 1. The van der Waals surface area contributed by atoms with E-state index in [0.29, 0.717) is 5.82 Å². The summed E-state index contributed by atoms with van der Waals surface area (Å²) < 4.78 is 0. The maximum Gasteiger partial charge on any atom is 0.282 e. The number of amides is 1. The molecule has 0 aliphatic rings. The van der Waals surface area contributed by atoms with E-state index in [-0.39, 0.29) is 16.3 Å². The molecule has 1 N–H and O–H groups in total. The van der Waals surface area contributed by atoms with E-state index in [1.165, 1.54) is 18.2 Å². The van der Waals surface area contributed by atoms with Crippen molar-refractivity contribution in [1.82, 2.24) is 4.98 Å². The molecule has 2 aromatic rings. The number of carbonyl (C=O) groups is 1. The molecule has 0 atom stereocenters. The summed E-state index contributed by atoms with van der Waals surface area (Å²) in [4.78, 5) is 26.3. The number of nitrogens with one attached hydrogen (secondary N) is 1. The summed E-state index contributed by atoms with van der Waals surface area (Å²) in [6.07, 6.45) is 1.59. The third kappa shape index (κ3) is 3.10. The third-order valence-electron chi connectivity index (χ3n) is 2.55. The molecule has 1 amide bonds. The van der Waals surface area contributed by atoms with Crippen molar-refractivity contribution < 1.29 is 9.72 Å². The summed E-state index contributed by atoms with van der Waals surface area (Å²) in [5.74, 6) is -0.314. The van der Waals surface area contributed by atoms with Crippen molar-refractivity contribution in [2.75, 3.05) is 5.32 Å². The van der Waals surface area contributed by atoms with Gasteiger partial charge in [-0.15, -0.1) is 0 Å². The average molecular weight is 292 g/mol. The minimum absolute atomic E-state index is 0.107. The van der Waals surface area contributed by atoms with Gasteiger partial charge in [-0.3, -0.25) is 14.9 Å². The predicted octanol–water partition coefficient (Wildman–Crippen LogP) is 3.20. The first-order chi connectivity index (χ1) is 9.47. The fourth-order valence-electron chi connectivity index (χ4n) is 1.57. The lowest BCUT2D eigenvalue weighted by molar-refractivity contribution is -0.385. The van der Waals surface area contributed by atoms with Gasteiger partial charge in [-0.2, -0.15) is 0 Å². The summed E-state index contributed by atoms with van der Waals surface area (Å²) in [6.45, 7) is 1.86. The van der Waals surface area contributed by atoms with Crippen LogP contribution >= 0.6 is 11.6 Å². The number of rotatable bonds is 3. The minimum atomic E-state index is -0.631. The Morgan fingerprint density at radius 3 is 2.70 bits per heavy atom. The number of nitro groups is 1. The molecule has 0 radical (unpaired) electrons. The lowest BCUT2D eigenvalue weighted by Crippen LogP contribution is -2.14. The second-order valence-electron chi connectivity index (χ2n) is 4.09. The third-order valence-corrected chi connectivity index (χ3v) is 2.79. The minimum Gasteiger partial charge on any atom is -0.306 e. The topological polar surface area (TPSA) is 85.1 Å². The standard InChI is InChI=1S/C13H10ClN3O3/c1-8-2-5-12(15-7-8)16-13(18)10-6-9(14)3-4-11(10)17(19)20/h2-7H,1H3,(H,15,16,18). The van der Waals surface area contributed by atoms with E-state index in [1.807, 2.05) is 6.92 Å². The molecule has 0 aliphatic carbocycles. The van der Waals surface area contributed by atoms with Crippen molar-refractivity contribution in [3.63, 3.8) is 0 Å². The van der Waals surface area contributed by atoms with Gasteiger partial charge in [-0.25, -0.2) is 4.98 Å². The summed E-state index contributed by atoms with van der Waals surface area (Å²) in [6, 6.07) is 7.20. The monoisotopic (exact) mass is 291 g/mol. The van der Waals surface area contributed by atoms with Crippen molar-refractivity contribution in [1.29, 1.82) is 0 Å². The Morgan fingerprint density at radius 2 is 2.10 bits per heavy atom. The molecule has 0 aliphatic heterocycles. The largest absolute Gasteiger partial charge is 0.306 e. The van der Waals surface area contributed by atoms with Crippen LogP contribution in [0.15, 0.2) is 36.5 Å². The molecule has 1 aromatic heterocycles. The lowest BCUT2D eigenvalue weighted by Gasteiger charge is -2.05. The molecule has 0 spiro atoms. The van der Waals surface area contributed by atoms with Gasteiger partial charge in [0.05, 0.1) is 4.92 Å². The molecule has 0 saturated heterocycles. The van der Waals surface area contributed by atoms with Gasteiger partial charge in [-0.1, -0.05) is 17.7 Å². The molecule has 0 bridgehead atoms. The van der Waals surface area contributed by atoms with Crippen molar-refractivity contribution in [3.05, 3.63) is 62.8 Å². The molecule has 0 saturated carbocycles. The fourth-order valence-corrected chi connectivity index (χ4v) is 1.75. The van der Waals surface area contributed by atoms with E-state index in [2.05, 4.69) is 10.3 Å². The number of aryl methyl sites for hydroxylation is 1. The quantitative estimate of drug-likeness (QED) is 0.695. The van der Waals surface area contributed by atoms with Gasteiger partial charge >= 0.3 is 0 Å². The zero-order valence-corrected chi connectivity index (χ0v) is 11.2. The second-order valence-corrected chi connectivity index (χ2v) is 4.53. The highest BCUT2D eigenvalue weighted by atomic mass is 35.5.